The number of hydrogen-bond acceptors (Lipinski definition) is 5. The molecule has 0 spiro atoms. The molecule has 0 atom stereocenters. The Bertz CT molecular complexity index is 1040. The van der Waals surface area contributed by atoms with Gasteiger partial charge in [0.25, 0.3) is 0 Å². The van der Waals surface area contributed by atoms with Crippen LogP contribution in [0.5, 0.6) is 23.0 Å². The van der Waals surface area contributed by atoms with Gasteiger partial charge in [-0.2, -0.15) is 0 Å². The fraction of sp³-hybridized carbons (Fsp3) is 0.167. The van der Waals surface area contributed by atoms with Crippen LogP contribution in [0.15, 0.2) is 48.5 Å². The van der Waals surface area contributed by atoms with Crippen molar-refractivity contribution in [1.29, 1.82) is 0 Å². The fourth-order valence-corrected chi connectivity index (χ4v) is 3.27. The van der Waals surface area contributed by atoms with Gasteiger partial charge in [-0.1, -0.05) is 23.7 Å². The van der Waals surface area contributed by atoms with Crippen molar-refractivity contribution in [2.24, 2.45) is 0 Å². The number of methoxy groups -OCH3 is 4. The van der Waals surface area contributed by atoms with Crippen molar-refractivity contribution >= 4 is 11.3 Å². The average molecular weight is 404 g/mol. The van der Waals surface area contributed by atoms with Crippen LogP contribution in [0.3, 0.4) is 0 Å². The highest BCUT2D eigenvalue weighted by Crippen LogP contribution is 2.25. The predicted octanol–water partition coefficient (Wildman–Crippen LogP) is 4.58. The SMILES string of the molecule is COc1ccc(OC)c(C#Cc2ccc(C#Cc3cc(OC)ccc3OC)s2)c1. The number of hydrogen-bond donors (Lipinski definition) is 0. The lowest BCUT2D eigenvalue weighted by molar-refractivity contribution is 0.402. The Kier molecular flexibility index (Phi) is 6.68. The molecule has 0 saturated carbocycles. The van der Waals surface area contributed by atoms with Gasteiger partial charge in [0, 0.05) is 0 Å². The Balaban J connectivity index is 1.84. The first-order valence-corrected chi connectivity index (χ1v) is 9.56. The van der Waals surface area contributed by atoms with Crippen LogP contribution in [-0.4, -0.2) is 28.4 Å². The monoisotopic (exact) mass is 404 g/mol. The largest absolute Gasteiger partial charge is 0.497 e. The zero-order valence-electron chi connectivity index (χ0n) is 16.7. The third kappa shape index (κ3) is 5.04. The highest BCUT2D eigenvalue weighted by Gasteiger charge is 2.04. The summed E-state index contributed by atoms with van der Waals surface area (Å²) in [6, 6.07) is 15.0. The summed E-state index contributed by atoms with van der Waals surface area (Å²) in [6.07, 6.45) is 0. The van der Waals surface area contributed by atoms with Gasteiger partial charge >= 0.3 is 0 Å². The lowest BCUT2D eigenvalue weighted by Crippen LogP contribution is -1.90. The molecule has 0 aliphatic heterocycles. The minimum Gasteiger partial charge on any atom is -0.497 e. The van der Waals surface area contributed by atoms with E-state index in [1.54, 1.807) is 28.4 Å². The second-order valence-electron chi connectivity index (χ2n) is 5.80. The van der Waals surface area contributed by atoms with Crippen molar-refractivity contribution in [3.05, 3.63) is 69.4 Å². The Morgan fingerprint density at radius 1 is 0.552 bits per heavy atom. The van der Waals surface area contributed by atoms with E-state index in [-0.39, 0.29) is 0 Å². The minimum absolute atomic E-state index is 0.708. The zero-order valence-corrected chi connectivity index (χ0v) is 17.5. The van der Waals surface area contributed by atoms with Crippen molar-refractivity contribution in [1.82, 2.24) is 0 Å². The molecule has 0 aliphatic carbocycles. The van der Waals surface area contributed by atoms with Crippen LogP contribution in [0.1, 0.15) is 20.9 Å². The maximum absolute atomic E-state index is 5.37. The van der Waals surface area contributed by atoms with E-state index in [1.165, 1.54) is 11.3 Å². The van der Waals surface area contributed by atoms with Crippen molar-refractivity contribution in [3.8, 4) is 46.7 Å². The summed E-state index contributed by atoms with van der Waals surface area (Å²) < 4.78 is 21.3. The fourth-order valence-electron chi connectivity index (χ4n) is 2.55. The molecule has 0 radical (unpaired) electrons. The van der Waals surface area contributed by atoms with E-state index < -0.39 is 0 Å². The predicted molar refractivity (Wildman–Crippen MR) is 115 cm³/mol. The Morgan fingerprint density at radius 3 is 1.38 bits per heavy atom. The molecule has 3 rings (SSSR count). The van der Waals surface area contributed by atoms with Crippen LogP contribution in [0, 0.1) is 23.7 Å². The summed E-state index contributed by atoms with van der Waals surface area (Å²) in [5.41, 5.74) is 1.54. The van der Waals surface area contributed by atoms with E-state index in [9.17, 15) is 0 Å². The maximum atomic E-state index is 5.37. The van der Waals surface area contributed by atoms with Crippen molar-refractivity contribution < 1.29 is 18.9 Å². The lowest BCUT2D eigenvalue weighted by Gasteiger charge is -2.05. The number of rotatable bonds is 4. The molecule has 0 N–H and O–H groups in total. The number of ether oxygens (including phenoxy) is 4. The van der Waals surface area contributed by atoms with E-state index in [0.29, 0.717) is 11.5 Å². The van der Waals surface area contributed by atoms with Gasteiger partial charge in [0.15, 0.2) is 0 Å². The summed E-state index contributed by atoms with van der Waals surface area (Å²) in [6.45, 7) is 0. The Morgan fingerprint density at radius 2 is 1.00 bits per heavy atom. The second-order valence-corrected chi connectivity index (χ2v) is 6.88. The summed E-state index contributed by atoms with van der Waals surface area (Å²) >= 11 is 1.53. The highest BCUT2D eigenvalue weighted by molar-refractivity contribution is 7.13. The van der Waals surface area contributed by atoms with E-state index in [2.05, 4.69) is 23.7 Å². The van der Waals surface area contributed by atoms with E-state index in [0.717, 1.165) is 32.4 Å². The molecule has 2 aromatic carbocycles. The van der Waals surface area contributed by atoms with Crippen molar-refractivity contribution in [2.45, 2.75) is 0 Å². The third-order valence-corrected chi connectivity index (χ3v) is 4.98. The molecule has 1 heterocycles. The van der Waals surface area contributed by atoms with E-state index in [4.69, 9.17) is 18.9 Å². The van der Waals surface area contributed by atoms with Gasteiger partial charge < -0.3 is 18.9 Å². The van der Waals surface area contributed by atoms with Crippen LogP contribution < -0.4 is 18.9 Å². The molecule has 0 saturated heterocycles. The minimum atomic E-state index is 0.708. The summed E-state index contributed by atoms with van der Waals surface area (Å²) in [7, 11) is 6.50. The van der Waals surface area contributed by atoms with Gasteiger partial charge in [-0.05, 0) is 48.5 Å². The Labute approximate surface area is 175 Å². The first-order chi connectivity index (χ1) is 14.2. The summed E-state index contributed by atoms with van der Waals surface area (Å²) in [5.74, 6) is 15.5. The van der Waals surface area contributed by atoms with Gasteiger partial charge in [-0.25, -0.2) is 0 Å². The van der Waals surface area contributed by atoms with Gasteiger partial charge in [-0.3, -0.25) is 0 Å². The second kappa shape index (κ2) is 9.59. The summed E-state index contributed by atoms with van der Waals surface area (Å²) in [5, 5.41) is 0. The smallest absolute Gasteiger partial charge is 0.134 e. The van der Waals surface area contributed by atoms with Crippen molar-refractivity contribution in [3.63, 3.8) is 0 Å². The number of thiophene rings is 1. The zero-order chi connectivity index (χ0) is 20.6. The molecular weight excluding hydrogens is 384 g/mol. The molecule has 4 nitrogen and oxygen atoms in total. The third-order valence-electron chi connectivity index (χ3n) is 4.06. The van der Waals surface area contributed by atoms with Gasteiger partial charge in [0.05, 0.1) is 49.3 Å². The van der Waals surface area contributed by atoms with Crippen LogP contribution in [-0.2, 0) is 0 Å². The molecule has 0 aliphatic rings. The quantitative estimate of drug-likeness (QED) is 0.597. The maximum Gasteiger partial charge on any atom is 0.134 e. The first kappa shape index (κ1) is 20.2. The van der Waals surface area contributed by atoms with E-state index >= 15 is 0 Å². The van der Waals surface area contributed by atoms with Gasteiger partial charge in [-0.15, -0.1) is 11.3 Å². The van der Waals surface area contributed by atoms with Crippen LogP contribution in [0.4, 0.5) is 0 Å². The highest BCUT2D eigenvalue weighted by atomic mass is 32.1. The molecule has 3 aromatic rings. The Hall–Kier alpha value is -3.54. The molecule has 0 amide bonds. The van der Waals surface area contributed by atoms with Gasteiger partial charge in [0.2, 0.25) is 0 Å². The average Bonchev–Trinajstić information content (AvgIpc) is 3.23. The standard InChI is InChI=1S/C24H20O4S/c1-25-19-7-13-23(27-3)17(15-19)5-9-21-11-12-22(29-21)10-6-18-16-20(26-2)8-14-24(18)28-4/h7-8,11-16H,1-4H3. The molecule has 0 fully saturated rings. The molecule has 29 heavy (non-hydrogen) atoms. The first-order valence-electron chi connectivity index (χ1n) is 8.74. The molecular formula is C24H20O4S. The number of benzene rings is 2. The van der Waals surface area contributed by atoms with E-state index in [1.807, 2.05) is 48.5 Å². The van der Waals surface area contributed by atoms with Gasteiger partial charge in [0.1, 0.15) is 23.0 Å². The van der Waals surface area contributed by atoms with Crippen molar-refractivity contribution in [2.75, 3.05) is 28.4 Å². The molecule has 1 aromatic heterocycles. The lowest BCUT2D eigenvalue weighted by atomic mass is 10.2. The summed E-state index contributed by atoms with van der Waals surface area (Å²) in [4.78, 5) is 1.83. The van der Waals surface area contributed by atoms with Crippen LogP contribution in [0.25, 0.3) is 0 Å². The normalized spacial score (nSPS) is 9.52. The van der Waals surface area contributed by atoms with Crippen LogP contribution >= 0.6 is 11.3 Å². The molecule has 5 heteroatoms. The molecule has 0 bridgehead atoms. The van der Waals surface area contributed by atoms with Crippen LogP contribution in [0.2, 0.25) is 0 Å². The molecule has 146 valence electrons. The molecule has 0 unspecified atom stereocenters. The topological polar surface area (TPSA) is 36.9 Å².